The summed E-state index contributed by atoms with van der Waals surface area (Å²) in [5.74, 6) is -3.60. The number of carboxylic acid groups (broad SMARTS) is 1. The van der Waals surface area contributed by atoms with E-state index in [-0.39, 0.29) is 26.1 Å². The molecule has 3 nitrogen and oxygen atoms in total. The van der Waals surface area contributed by atoms with Gasteiger partial charge in [-0.15, -0.1) is 0 Å². The first-order valence-electron chi connectivity index (χ1n) is 4.57. The maximum atomic E-state index is 12.8. The molecule has 82 valence electrons. The molecule has 0 atom stereocenters. The fourth-order valence-corrected chi connectivity index (χ4v) is 1.57. The van der Waals surface area contributed by atoms with E-state index in [1.807, 2.05) is 0 Å². The van der Waals surface area contributed by atoms with E-state index in [0.29, 0.717) is 0 Å². The molecular formula is C9H15F2NO2. The maximum Gasteiger partial charge on any atom is 0.310 e. The van der Waals surface area contributed by atoms with Crippen LogP contribution in [0.1, 0.15) is 20.3 Å². The minimum atomic E-state index is -2.64. The Bertz CT molecular complexity index is 241. The smallest absolute Gasteiger partial charge is 0.310 e. The van der Waals surface area contributed by atoms with Gasteiger partial charge in [-0.3, -0.25) is 9.69 Å². The normalized spacial score (nSPS) is 22.6. The molecule has 14 heavy (non-hydrogen) atoms. The van der Waals surface area contributed by atoms with E-state index in [2.05, 4.69) is 0 Å². The van der Waals surface area contributed by atoms with Crippen LogP contribution < -0.4 is 0 Å². The van der Waals surface area contributed by atoms with Crippen LogP contribution in [0.4, 0.5) is 8.78 Å². The molecule has 1 aliphatic rings. The zero-order chi connectivity index (χ0) is 11.0. The van der Waals surface area contributed by atoms with Crippen molar-refractivity contribution >= 4 is 5.97 Å². The number of hydrogen-bond acceptors (Lipinski definition) is 2. The first-order valence-corrected chi connectivity index (χ1v) is 4.57. The van der Waals surface area contributed by atoms with Gasteiger partial charge in [0.15, 0.2) is 0 Å². The third-order valence-electron chi connectivity index (χ3n) is 2.45. The second kappa shape index (κ2) is 3.46. The lowest BCUT2D eigenvalue weighted by Crippen LogP contribution is -2.39. The maximum absolute atomic E-state index is 12.8. The minimum Gasteiger partial charge on any atom is -0.481 e. The minimum absolute atomic E-state index is 0.164. The Balaban J connectivity index is 2.51. The molecule has 0 aliphatic carbocycles. The van der Waals surface area contributed by atoms with Crippen LogP contribution in [0.5, 0.6) is 0 Å². The highest BCUT2D eigenvalue weighted by Crippen LogP contribution is 2.29. The number of hydrogen-bond donors (Lipinski definition) is 1. The van der Waals surface area contributed by atoms with Crippen molar-refractivity contribution in [1.29, 1.82) is 0 Å². The van der Waals surface area contributed by atoms with Crippen LogP contribution in [-0.2, 0) is 4.79 Å². The van der Waals surface area contributed by atoms with Gasteiger partial charge in [-0.2, -0.15) is 0 Å². The Morgan fingerprint density at radius 2 is 2.14 bits per heavy atom. The quantitative estimate of drug-likeness (QED) is 0.761. The summed E-state index contributed by atoms with van der Waals surface area (Å²) >= 11 is 0. The van der Waals surface area contributed by atoms with Crippen molar-refractivity contribution in [2.45, 2.75) is 26.2 Å². The van der Waals surface area contributed by atoms with Crippen LogP contribution in [0.3, 0.4) is 0 Å². The first kappa shape index (κ1) is 11.4. The highest BCUT2D eigenvalue weighted by atomic mass is 19.3. The monoisotopic (exact) mass is 207 g/mol. The van der Waals surface area contributed by atoms with Crippen molar-refractivity contribution in [2.75, 3.05) is 19.6 Å². The van der Waals surface area contributed by atoms with E-state index in [4.69, 9.17) is 5.11 Å². The third-order valence-corrected chi connectivity index (χ3v) is 2.45. The van der Waals surface area contributed by atoms with Gasteiger partial charge in [0.25, 0.3) is 5.92 Å². The Morgan fingerprint density at radius 1 is 1.57 bits per heavy atom. The van der Waals surface area contributed by atoms with Crippen LogP contribution >= 0.6 is 0 Å². The average molecular weight is 207 g/mol. The van der Waals surface area contributed by atoms with Crippen molar-refractivity contribution in [3.8, 4) is 0 Å². The molecule has 0 amide bonds. The Labute approximate surface area is 81.7 Å². The molecule has 1 fully saturated rings. The molecule has 0 aromatic heterocycles. The predicted octanol–water partition coefficient (Wildman–Crippen LogP) is 1.44. The fraction of sp³-hybridized carbons (Fsp3) is 0.889. The molecule has 0 radical (unpaired) electrons. The second-order valence-electron chi connectivity index (χ2n) is 4.51. The van der Waals surface area contributed by atoms with Gasteiger partial charge in [-0.1, -0.05) is 0 Å². The molecule has 1 aliphatic heterocycles. The molecule has 0 unspecified atom stereocenters. The third kappa shape index (κ3) is 2.64. The highest BCUT2D eigenvalue weighted by Gasteiger charge is 2.41. The van der Waals surface area contributed by atoms with E-state index < -0.39 is 17.3 Å². The largest absolute Gasteiger partial charge is 0.481 e. The SMILES string of the molecule is CC(C)(CN1CCC(F)(F)C1)C(=O)O. The van der Waals surface area contributed by atoms with Gasteiger partial charge in [-0.25, -0.2) is 8.78 Å². The number of likely N-dealkylation sites (tertiary alicyclic amines) is 1. The summed E-state index contributed by atoms with van der Waals surface area (Å²) in [6.45, 7) is 3.24. The lowest BCUT2D eigenvalue weighted by molar-refractivity contribution is -0.148. The summed E-state index contributed by atoms with van der Waals surface area (Å²) in [7, 11) is 0. The summed E-state index contributed by atoms with van der Waals surface area (Å²) in [5, 5.41) is 8.82. The predicted molar refractivity (Wildman–Crippen MR) is 47.4 cm³/mol. The number of carboxylic acids is 1. The number of halogens is 2. The zero-order valence-electron chi connectivity index (χ0n) is 8.39. The van der Waals surface area contributed by atoms with Crippen LogP contribution in [0.25, 0.3) is 0 Å². The average Bonchev–Trinajstić information content (AvgIpc) is 2.28. The second-order valence-corrected chi connectivity index (χ2v) is 4.51. The topological polar surface area (TPSA) is 40.5 Å². The Morgan fingerprint density at radius 3 is 2.50 bits per heavy atom. The lowest BCUT2D eigenvalue weighted by Gasteiger charge is -2.25. The van der Waals surface area contributed by atoms with E-state index in [1.54, 1.807) is 13.8 Å². The lowest BCUT2D eigenvalue weighted by atomic mass is 9.93. The fourth-order valence-electron chi connectivity index (χ4n) is 1.57. The molecule has 0 saturated carbocycles. The van der Waals surface area contributed by atoms with Gasteiger partial charge in [-0.05, 0) is 13.8 Å². The van der Waals surface area contributed by atoms with E-state index in [9.17, 15) is 13.6 Å². The zero-order valence-corrected chi connectivity index (χ0v) is 8.39. The number of rotatable bonds is 3. The summed E-state index contributed by atoms with van der Waals surface area (Å²) in [5.41, 5.74) is -0.958. The van der Waals surface area contributed by atoms with Crippen molar-refractivity contribution in [3.63, 3.8) is 0 Å². The molecule has 1 heterocycles. The van der Waals surface area contributed by atoms with E-state index in [0.717, 1.165) is 0 Å². The van der Waals surface area contributed by atoms with Gasteiger partial charge in [0.2, 0.25) is 0 Å². The molecule has 0 bridgehead atoms. The van der Waals surface area contributed by atoms with Crippen molar-refractivity contribution in [3.05, 3.63) is 0 Å². The molecule has 1 rings (SSSR count). The number of aliphatic carboxylic acids is 1. The van der Waals surface area contributed by atoms with Crippen molar-refractivity contribution in [1.82, 2.24) is 4.90 Å². The molecule has 0 aromatic carbocycles. The van der Waals surface area contributed by atoms with E-state index in [1.165, 1.54) is 4.90 Å². The van der Waals surface area contributed by atoms with E-state index >= 15 is 0 Å². The number of alkyl halides is 2. The Kier molecular flexibility index (Phi) is 2.81. The van der Waals surface area contributed by atoms with Crippen LogP contribution in [0.15, 0.2) is 0 Å². The van der Waals surface area contributed by atoms with Gasteiger partial charge < -0.3 is 5.11 Å². The summed E-state index contributed by atoms with van der Waals surface area (Å²) in [6, 6.07) is 0. The summed E-state index contributed by atoms with van der Waals surface area (Å²) in [6.07, 6.45) is -0.164. The number of carbonyl (C=O) groups is 1. The van der Waals surface area contributed by atoms with Crippen molar-refractivity contribution in [2.24, 2.45) is 5.41 Å². The van der Waals surface area contributed by atoms with Gasteiger partial charge >= 0.3 is 5.97 Å². The standard InChI is InChI=1S/C9H15F2NO2/c1-8(2,7(13)14)5-12-4-3-9(10,11)6-12/h3-6H2,1-2H3,(H,13,14). The molecule has 0 spiro atoms. The van der Waals surface area contributed by atoms with Crippen molar-refractivity contribution < 1.29 is 18.7 Å². The van der Waals surface area contributed by atoms with Crippen LogP contribution in [0, 0.1) is 5.41 Å². The highest BCUT2D eigenvalue weighted by molar-refractivity contribution is 5.73. The summed E-state index contributed by atoms with van der Waals surface area (Å²) < 4.78 is 25.6. The van der Waals surface area contributed by atoms with Gasteiger partial charge in [0.1, 0.15) is 0 Å². The molecule has 1 saturated heterocycles. The first-order chi connectivity index (χ1) is 6.23. The molecule has 1 N–H and O–H groups in total. The number of nitrogens with zero attached hydrogens (tertiary/aromatic N) is 1. The van der Waals surface area contributed by atoms with Gasteiger partial charge in [0.05, 0.1) is 12.0 Å². The molecule has 5 heteroatoms. The Hall–Kier alpha value is -0.710. The molecular weight excluding hydrogens is 192 g/mol. The summed E-state index contributed by atoms with van der Waals surface area (Å²) in [4.78, 5) is 12.3. The van der Waals surface area contributed by atoms with Crippen LogP contribution in [0.2, 0.25) is 0 Å². The van der Waals surface area contributed by atoms with Crippen LogP contribution in [-0.4, -0.2) is 41.5 Å². The molecule has 0 aromatic rings. The van der Waals surface area contributed by atoms with Gasteiger partial charge in [0, 0.05) is 19.5 Å².